The van der Waals surface area contributed by atoms with Gasteiger partial charge in [-0.05, 0) is 5.41 Å². The summed E-state index contributed by atoms with van der Waals surface area (Å²) in [5.74, 6) is 1.16. The Morgan fingerprint density at radius 3 is 2.65 bits per heavy atom. The molecule has 0 aliphatic rings. The monoisotopic (exact) mass is 237 g/mol. The Bertz CT molecular complexity index is 376. The van der Waals surface area contributed by atoms with E-state index in [-0.39, 0.29) is 17.2 Å². The fourth-order valence-electron chi connectivity index (χ4n) is 1.54. The Kier molecular flexibility index (Phi) is 4.46. The number of carbonyl (C=O) groups excluding carboxylic acids is 1. The minimum absolute atomic E-state index is 0.0150. The number of hydrogen-bond acceptors (Lipinski definition) is 3. The van der Waals surface area contributed by atoms with Crippen LogP contribution in [0.25, 0.3) is 0 Å². The van der Waals surface area contributed by atoms with Gasteiger partial charge in [-0.2, -0.15) is 0 Å². The molecule has 17 heavy (non-hydrogen) atoms. The quantitative estimate of drug-likeness (QED) is 0.847. The second kappa shape index (κ2) is 5.45. The molecular weight excluding hydrogens is 214 g/mol. The Hall–Kier alpha value is -1.16. The fraction of sp³-hybridized carbons (Fsp3) is 0.692. The van der Waals surface area contributed by atoms with Gasteiger partial charge in [-0.1, -0.05) is 20.8 Å². The summed E-state index contributed by atoms with van der Waals surface area (Å²) < 4.78 is 1.94. The van der Waals surface area contributed by atoms with Crippen molar-refractivity contribution in [3.8, 4) is 0 Å². The molecule has 4 nitrogen and oxygen atoms in total. The molecule has 1 aromatic heterocycles. The molecule has 0 aromatic carbocycles. The first kappa shape index (κ1) is 13.9. The second-order valence-corrected chi connectivity index (χ2v) is 5.67. The molecule has 2 N–H and O–H groups in total. The highest BCUT2D eigenvalue weighted by molar-refractivity contribution is 5.79. The van der Waals surface area contributed by atoms with Crippen molar-refractivity contribution >= 4 is 5.78 Å². The first-order valence-electron chi connectivity index (χ1n) is 6.04. The summed E-state index contributed by atoms with van der Waals surface area (Å²) in [6, 6.07) is -0.0728. The van der Waals surface area contributed by atoms with Gasteiger partial charge in [-0.3, -0.25) is 4.79 Å². The third-order valence-corrected chi connectivity index (χ3v) is 3.11. The summed E-state index contributed by atoms with van der Waals surface area (Å²) in [5.41, 5.74) is 5.97. The predicted octanol–water partition coefficient (Wildman–Crippen LogP) is 1.69. The summed E-state index contributed by atoms with van der Waals surface area (Å²) in [6.45, 7) is 6.18. The van der Waals surface area contributed by atoms with Crippen LogP contribution in [0.5, 0.6) is 0 Å². The smallest absolute Gasteiger partial charge is 0.134 e. The number of hydrogen-bond donors (Lipinski definition) is 1. The van der Waals surface area contributed by atoms with Gasteiger partial charge in [-0.25, -0.2) is 4.98 Å². The lowest BCUT2D eigenvalue weighted by Crippen LogP contribution is -2.37. The molecule has 1 heterocycles. The number of nitrogens with two attached hydrogens (primary N) is 1. The maximum absolute atomic E-state index is 11.8. The molecule has 0 saturated carbocycles. The van der Waals surface area contributed by atoms with Gasteiger partial charge in [0.05, 0.1) is 0 Å². The lowest BCUT2D eigenvalue weighted by atomic mass is 9.84. The van der Waals surface area contributed by atoms with Crippen LogP contribution in [0.3, 0.4) is 0 Å². The highest BCUT2D eigenvalue weighted by atomic mass is 16.1. The van der Waals surface area contributed by atoms with Crippen molar-refractivity contribution in [2.45, 2.75) is 46.1 Å². The first-order chi connectivity index (χ1) is 7.80. The number of rotatable bonds is 5. The van der Waals surface area contributed by atoms with Crippen LogP contribution in [-0.4, -0.2) is 21.4 Å². The molecule has 1 aromatic rings. The molecule has 1 atom stereocenters. The SMILES string of the molecule is Cn1ccnc1CCC(=O)CC(N)C(C)(C)C. The molecule has 4 heteroatoms. The molecule has 0 bridgehead atoms. The minimum Gasteiger partial charge on any atom is -0.338 e. The summed E-state index contributed by atoms with van der Waals surface area (Å²) in [5, 5.41) is 0. The van der Waals surface area contributed by atoms with E-state index in [9.17, 15) is 4.79 Å². The van der Waals surface area contributed by atoms with Crippen molar-refractivity contribution in [3.63, 3.8) is 0 Å². The lowest BCUT2D eigenvalue weighted by molar-refractivity contribution is -0.119. The molecule has 96 valence electrons. The Morgan fingerprint density at radius 2 is 2.18 bits per heavy atom. The van der Waals surface area contributed by atoms with Crippen LogP contribution in [0.4, 0.5) is 0 Å². The van der Waals surface area contributed by atoms with Crippen LogP contribution in [-0.2, 0) is 18.3 Å². The molecule has 0 fully saturated rings. The number of nitrogens with zero attached hydrogens (tertiary/aromatic N) is 2. The van der Waals surface area contributed by atoms with Crippen molar-refractivity contribution in [2.75, 3.05) is 0 Å². The number of aromatic nitrogens is 2. The Balaban J connectivity index is 2.39. The van der Waals surface area contributed by atoms with E-state index in [0.29, 0.717) is 19.3 Å². The zero-order chi connectivity index (χ0) is 13.1. The Labute approximate surface area is 103 Å². The lowest BCUT2D eigenvalue weighted by Gasteiger charge is -2.26. The minimum atomic E-state index is -0.0728. The molecule has 1 unspecified atom stereocenters. The van der Waals surface area contributed by atoms with Crippen LogP contribution >= 0.6 is 0 Å². The zero-order valence-electron chi connectivity index (χ0n) is 11.2. The van der Waals surface area contributed by atoms with E-state index in [4.69, 9.17) is 5.73 Å². The van der Waals surface area contributed by atoms with Gasteiger partial charge in [-0.15, -0.1) is 0 Å². The van der Waals surface area contributed by atoms with Crippen molar-refractivity contribution < 1.29 is 4.79 Å². The van der Waals surface area contributed by atoms with Crippen LogP contribution in [0.1, 0.15) is 39.4 Å². The van der Waals surface area contributed by atoms with Crippen LogP contribution in [0.15, 0.2) is 12.4 Å². The molecule has 0 aliphatic heterocycles. The molecular formula is C13H23N3O. The Morgan fingerprint density at radius 1 is 1.53 bits per heavy atom. The van der Waals surface area contributed by atoms with Crippen LogP contribution in [0.2, 0.25) is 0 Å². The van der Waals surface area contributed by atoms with E-state index in [1.807, 2.05) is 17.8 Å². The molecule has 0 amide bonds. The van der Waals surface area contributed by atoms with Crippen LogP contribution < -0.4 is 5.73 Å². The predicted molar refractivity (Wildman–Crippen MR) is 68.6 cm³/mol. The maximum atomic E-state index is 11.8. The van der Waals surface area contributed by atoms with Gasteiger partial charge in [0.25, 0.3) is 0 Å². The van der Waals surface area contributed by atoms with Gasteiger partial charge < -0.3 is 10.3 Å². The molecule has 0 saturated heterocycles. The normalized spacial score (nSPS) is 13.7. The molecule has 0 radical (unpaired) electrons. The van der Waals surface area contributed by atoms with E-state index in [0.717, 1.165) is 5.82 Å². The van der Waals surface area contributed by atoms with E-state index >= 15 is 0 Å². The highest BCUT2D eigenvalue weighted by Crippen LogP contribution is 2.20. The number of Topliss-reactive ketones (excluding diaryl/α,β-unsaturated/α-hetero) is 1. The van der Waals surface area contributed by atoms with Crippen LogP contribution in [0, 0.1) is 5.41 Å². The van der Waals surface area contributed by atoms with E-state index in [1.54, 1.807) is 6.20 Å². The van der Waals surface area contributed by atoms with Crippen molar-refractivity contribution in [1.29, 1.82) is 0 Å². The van der Waals surface area contributed by atoms with Crippen molar-refractivity contribution in [1.82, 2.24) is 9.55 Å². The summed E-state index contributed by atoms with van der Waals surface area (Å²) >= 11 is 0. The standard InChI is InChI=1S/C13H23N3O/c1-13(2,3)11(14)9-10(17)5-6-12-15-7-8-16(12)4/h7-8,11H,5-6,9,14H2,1-4H3. The molecule has 0 spiro atoms. The van der Waals surface area contributed by atoms with Gasteiger partial charge in [0.15, 0.2) is 0 Å². The first-order valence-corrected chi connectivity index (χ1v) is 6.04. The molecule has 1 rings (SSSR count). The van der Waals surface area contributed by atoms with E-state index in [1.165, 1.54) is 0 Å². The largest absolute Gasteiger partial charge is 0.338 e. The highest BCUT2D eigenvalue weighted by Gasteiger charge is 2.22. The number of imidazole rings is 1. The van der Waals surface area contributed by atoms with Gasteiger partial charge in [0, 0.05) is 44.7 Å². The van der Waals surface area contributed by atoms with Crippen molar-refractivity contribution in [2.24, 2.45) is 18.2 Å². The summed E-state index contributed by atoms with van der Waals surface area (Å²) in [4.78, 5) is 16.0. The molecule has 0 aliphatic carbocycles. The number of ketones is 1. The third kappa shape index (κ3) is 4.30. The average molecular weight is 237 g/mol. The van der Waals surface area contributed by atoms with Crippen molar-refractivity contribution in [3.05, 3.63) is 18.2 Å². The van der Waals surface area contributed by atoms with Gasteiger partial charge in [0.2, 0.25) is 0 Å². The topological polar surface area (TPSA) is 60.9 Å². The third-order valence-electron chi connectivity index (χ3n) is 3.11. The van der Waals surface area contributed by atoms with Gasteiger partial charge in [0.1, 0.15) is 11.6 Å². The second-order valence-electron chi connectivity index (χ2n) is 5.67. The van der Waals surface area contributed by atoms with Gasteiger partial charge >= 0.3 is 0 Å². The average Bonchev–Trinajstić information content (AvgIpc) is 2.59. The fourth-order valence-corrected chi connectivity index (χ4v) is 1.54. The number of carbonyl (C=O) groups is 1. The summed E-state index contributed by atoms with van der Waals surface area (Å²) in [6.07, 6.45) is 5.31. The maximum Gasteiger partial charge on any atom is 0.134 e. The van der Waals surface area contributed by atoms with E-state index < -0.39 is 0 Å². The zero-order valence-corrected chi connectivity index (χ0v) is 11.2. The number of aryl methyl sites for hydroxylation is 2. The summed E-state index contributed by atoms with van der Waals surface area (Å²) in [7, 11) is 1.94. The van der Waals surface area contributed by atoms with E-state index in [2.05, 4.69) is 25.8 Å².